The van der Waals surface area contributed by atoms with Crippen LogP contribution >= 0.6 is 0 Å². The smallest absolute Gasteiger partial charge is 0.219 e. The summed E-state index contributed by atoms with van der Waals surface area (Å²) in [7, 11) is 0. The summed E-state index contributed by atoms with van der Waals surface area (Å²) < 4.78 is 0. The van der Waals surface area contributed by atoms with E-state index in [9.17, 15) is 5.11 Å². The summed E-state index contributed by atoms with van der Waals surface area (Å²) in [6.07, 6.45) is 5.81. The number of hydrogen-bond acceptors (Lipinski definition) is 2. The van der Waals surface area contributed by atoms with E-state index in [-0.39, 0.29) is 5.88 Å². The van der Waals surface area contributed by atoms with Crippen molar-refractivity contribution in [3.05, 3.63) is 35.5 Å². The second-order valence-electron chi connectivity index (χ2n) is 4.47. The third kappa shape index (κ3) is 1.45. The molecule has 16 heavy (non-hydrogen) atoms. The number of pyridine rings is 1. The van der Waals surface area contributed by atoms with Gasteiger partial charge < -0.3 is 5.11 Å². The summed E-state index contributed by atoms with van der Waals surface area (Å²) in [6.45, 7) is 0. The van der Waals surface area contributed by atoms with Crippen LogP contribution in [0.3, 0.4) is 0 Å². The summed E-state index contributed by atoms with van der Waals surface area (Å²) in [5, 5.41) is 12.0. The van der Waals surface area contributed by atoms with E-state index in [1.807, 2.05) is 18.2 Å². The van der Waals surface area contributed by atoms with Gasteiger partial charge in [-0.2, -0.15) is 0 Å². The Morgan fingerprint density at radius 2 is 1.69 bits per heavy atom. The zero-order valence-corrected chi connectivity index (χ0v) is 9.24. The van der Waals surface area contributed by atoms with E-state index in [0.29, 0.717) is 0 Å². The topological polar surface area (TPSA) is 33.1 Å². The Morgan fingerprint density at radius 1 is 0.938 bits per heavy atom. The minimum atomic E-state index is 0.191. The molecule has 0 saturated carbocycles. The fraction of sp³-hybridized carbons (Fsp3) is 0.357. The maximum absolute atomic E-state index is 9.91. The predicted octanol–water partition coefficient (Wildman–Crippen LogP) is 3.21. The molecule has 0 unspecified atom stereocenters. The van der Waals surface area contributed by atoms with Crippen molar-refractivity contribution in [1.29, 1.82) is 0 Å². The molecule has 2 nitrogen and oxygen atoms in total. The van der Waals surface area contributed by atoms with Crippen LogP contribution in [-0.4, -0.2) is 10.1 Å². The largest absolute Gasteiger partial charge is 0.493 e. The van der Waals surface area contributed by atoms with Crippen LogP contribution in [0.25, 0.3) is 10.8 Å². The maximum Gasteiger partial charge on any atom is 0.219 e. The average Bonchev–Trinajstić information content (AvgIpc) is 2.55. The Kier molecular flexibility index (Phi) is 2.28. The Balaban J connectivity index is 2.32. The van der Waals surface area contributed by atoms with E-state index < -0.39 is 0 Å². The molecule has 0 atom stereocenters. The molecule has 2 heteroatoms. The van der Waals surface area contributed by atoms with Crippen LogP contribution in [0.2, 0.25) is 0 Å². The van der Waals surface area contributed by atoms with Crippen LogP contribution in [0.1, 0.15) is 30.5 Å². The zero-order chi connectivity index (χ0) is 11.0. The third-order valence-electron chi connectivity index (χ3n) is 3.42. The van der Waals surface area contributed by atoms with E-state index in [4.69, 9.17) is 0 Å². The standard InChI is InChI=1S/C14H15NO/c16-14-12-8-5-4-6-10(12)11-7-2-1-3-9-13(11)15-14/h4-6,8H,1-3,7,9H2,(H,15,16). The molecule has 82 valence electrons. The van der Waals surface area contributed by atoms with Crippen molar-refractivity contribution in [3.8, 4) is 5.88 Å². The number of fused-ring (bicyclic) bond motifs is 3. The molecule has 2 aromatic rings. The van der Waals surface area contributed by atoms with Gasteiger partial charge in [-0.25, -0.2) is 4.98 Å². The lowest BCUT2D eigenvalue weighted by atomic mass is 10.0. The van der Waals surface area contributed by atoms with Crippen molar-refractivity contribution in [2.75, 3.05) is 0 Å². The van der Waals surface area contributed by atoms with Gasteiger partial charge in [-0.15, -0.1) is 0 Å². The summed E-state index contributed by atoms with van der Waals surface area (Å²) >= 11 is 0. The fourth-order valence-corrected chi connectivity index (χ4v) is 2.61. The Labute approximate surface area is 94.9 Å². The van der Waals surface area contributed by atoms with Gasteiger partial charge in [0, 0.05) is 11.1 Å². The Hall–Kier alpha value is -1.57. The van der Waals surface area contributed by atoms with Gasteiger partial charge in [-0.05, 0) is 42.7 Å². The van der Waals surface area contributed by atoms with Gasteiger partial charge in [-0.1, -0.05) is 24.6 Å². The number of aromatic nitrogens is 1. The highest BCUT2D eigenvalue weighted by atomic mass is 16.3. The van der Waals surface area contributed by atoms with Crippen LogP contribution in [-0.2, 0) is 12.8 Å². The van der Waals surface area contributed by atoms with Crippen molar-refractivity contribution >= 4 is 10.8 Å². The van der Waals surface area contributed by atoms with Crippen LogP contribution in [0, 0.1) is 0 Å². The van der Waals surface area contributed by atoms with Crippen LogP contribution in [0.4, 0.5) is 0 Å². The van der Waals surface area contributed by atoms with E-state index >= 15 is 0 Å². The normalized spacial score (nSPS) is 15.8. The van der Waals surface area contributed by atoms with Crippen molar-refractivity contribution in [3.63, 3.8) is 0 Å². The minimum absolute atomic E-state index is 0.191. The van der Waals surface area contributed by atoms with Gasteiger partial charge in [0.1, 0.15) is 0 Å². The van der Waals surface area contributed by atoms with Crippen molar-refractivity contribution in [2.24, 2.45) is 0 Å². The number of nitrogens with zero attached hydrogens (tertiary/aromatic N) is 1. The molecular weight excluding hydrogens is 198 g/mol. The molecule has 0 radical (unpaired) electrons. The average molecular weight is 213 g/mol. The first-order valence-electron chi connectivity index (χ1n) is 5.96. The molecule has 1 heterocycles. The Morgan fingerprint density at radius 3 is 2.56 bits per heavy atom. The van der Waals surface area contributed by atoms with Crippen LogP contribution < -0.4 is 0 Å². The third-order valence-corrected chi connectivity index (χ3v) is 3.42. The van der Waals surface area contributed by atoms with Gasteiger partial charge >= 0.3 is 0 Å². The van der Waals surface area contributed by atoms with Crippen LogP contribution in [0.5, 0.6) is 5.88 Å². The van der Waals surface area contributed by atoms with Gasteiger partial charge in [0.25, 0.3) is 0 Å². The molecule has 0 amide bonds. The summed E-state index contributed by atoms with van der Waals surface area (Å²) in [4.78, 5) is 4.36. The molecule has 0 aliphatic heterocycles. The van der Waals surface area contributed by atoms with Crippen molar-refractivity contribution in [2.45, 2.75) is 32.1 Å². The first-order chi connectivity index (χ1) is 7.86. The zero-order valence-electron chi connectivity index (χ0n) is 9.24. The SMILES string of the molecule is Oc1nc2c(c3ccccc13)CCCCC2. The predicted molar refractivity (Wildman–Crippen MR) is 64.7 cm³/mol. The molecule has 1 aliphatic rings. The second kappa shape index (κ2) is 3.78. The highest BCUT2D eigenvalue weighted by Gasteiger charge is 2.14. The summed E-state index contributed by atoms with van der Waals surface area (Å²) in [6, 6.07) is 8.03. The molecule has 1 aromatic carbocycles. The Bertz CT molecular complexity index is 533. The molecule has 1 aromatic heterocycles. The molecular formula is C14H15NO. The highest BCUT2D eigenvalue weighted by molar-refractivity contribution is 5.90. The van der Waals surface area contributed by atoms with Gasteiger partial charge in [0.15, 0.2) is 0 Å². The van der Waals surface area contributed by atoms with E-state index in [2.05, 4.69) is 11.1 Å². The molecule has 3 rings (SSSR count). The van der Waals surface area contributed by atoms with E-state index in [0.717, 1.165) is 23.9 Å². The first kappa shape index (κ1) is 9.64. The number of benzene rings is 1. The number of aromatic hydroxyl groups is 1. The summed E-state index contributed by atoms with van der Waals surface area (Å²) in [5.41, 5.74) is 2.46. The molecule has 1 aliphatic carbocycles. The first-order valence-corrected chi connectivity index (χ1v) is 5.96. The number of hydrogen-bond donors (Lipinski definition) is 1. The van der Waals surface area contributed by atoms with Gasteiger partial charge in [0.2, 0.25) is 5.88 Å². The maximum atomic E-state index is 9.91. The lowest BCUT2D eigenvalue weighted by molar-refractivity contribution is 0.457. The van der Waals surface area contributed by atoms with Gasteiger partial charge in [-0.3, -0.25) is 0 Å². The monoisotopic (exact) mass is 213 g/mol. The van der Waals surface area contributed by atoms with E-state index in [1.165, 1.54) is 30.2 Å². The summed E-state index contributed by atoms with van der Waals surface area (Å²) in [5.74, 6) is 0.191. The van der Waals surface area contributed by atoms with E-state index in [1.54, 1.807) is 0 Å². The quantitative estimate of drug-likeness (QED) is 0.682. The molecule has 0 bridgehead atoms. The van der Waals surface area contributed by atoms with Crippen molar-refractivity contribution in [1.82, 2.24) is 4.98 Å². The molecule has 0 saturated heterocycles. The molecule has 1 N–H and O–H groups in total. The van der Waals surface area contributed by atoms with Crippen molar-refractivity contribution < 1.29 is 5.11 Å². The van der Waals surface area contributed by atoms with Crippen LogP contribution in [0.15, 0.2) is 24.3 Å². The lowest BCUT2D eigenvalue weighted by Gasteiger charge is -2.10. The highest BCUT2D eigenvalue weighted by Crippen LogP contribution is 2.31. The lowest BCUT2D eigenvalue weighted by Crippen LogP contribution is -1.97. The minimum Gasteiger partial charge on any atom is -0.493 e. The molecule has 0 spiro atoms. The fourth-order valence-electron chi connectivity index (χ4n) is 2.61. The molecule has 0 fully saturated rings. The number of aryl methyl sites for hydroxylation is 2. The van der Waals surface area contributed by atoms with Gasteiger partial charge in [0.05, 0.1) is 0 Å². The number of rotatable bonds is 0. The second-order valence-corrected chi connectivity index (χ2v) is 4.47.